The van der Waals surface area contributed by atoms with E-state index in [1.54, 1.807) is 0 Å². The summed E-state index contributed by atoms with van der Waals surface area (Å²) < 4.78 is 5.64. The number of ether oxygens (including phenoxy) is 1. The first-order valence-electron chi connectivity index (χ1n) is 4.86. The highest BCUT2D eigenvalue weighted by Gasteiger charge is 2.68. The molecule has 1 N–H and O–H groups in total. The average Bonchev–Trinajstić information content (AvgIpc) is 2.48. The highest BCUT2D eigenvalue weighted by molar-refractivity contribution is 5.16. The van der Waals surface area contributed by atoms with Crippen molar-refractivity contribution in [2.75, 3.05) is 0 Å². The van der Waals surface area contributed by atoms with E-state index >= 15 is 0 Å². The zero-order valence-corrected chi connectivity index (χ0v) is 8.13. The molecule has 2 aliphatic rings. The van der Waals surface area contributed by atoms with Gasteiger partial charge in [-0.15, -0.1) is 0 Å². The molecule has 1 spiro atoms. The van der Waals surface area contributed by atoms with Gasteiger partial charge in [-0.1, -0.05) is 6.92 Å². The molecule has 70 valence electrons. The molecule has 1 aliphatic heterocycles. The van der Waals surface area contributed by atoms with Crippen LogP contribution >= 0.6 is 0 Å². The third-order valence-corrected chi connectivity index (χ3v) is 3.59. The summed E-state index contributed by atoms with van der Waals surface area (Å²) in [6.45, 7) is 6.35. The molecule has 0 amide bonds. The molecule has 12 heavy (non-hydrogen) atoms. The molecule has 2 fully saturated rings. The largest absolute Gasteiger partial charge is 0.390 e. The number of hydrogen-bond donors (Lipinski definition) is 1. The predicted molar refractivity (Wildman–Crippen MR) is 46.9 cm³/mol. The number of aliphatic hydroxyl groups is 1. The van der Waals surface area contributed by atoms with Crippen LogP contribution < -0.4 is 0 Å². The predicted octanol–water partition coefficient (Wildman–Crippen LogP) is 1.71. The molecule has 2 rings (SSSR count). The van der Waals surface area contributed by atoms with E-state index in [-0.39, 0.29) is 17.3 Å². The molecule has 0 radical (unpaired) electrons. The first kappa shape index (κ1) is 8.52. The minimum Gasteiger partial charge on any atom is -0.390 e. The van der Waals surface area contributed by atoms with E-state index < -0.39 is 0 Å². The van der Waals surface area contributed by atoms with Gasteiger partial charge in [0.15, 0.2) is 0 Å². The Morgan fingerprint density at radius 2 is 2.00 bits per heavy atom. The van der Waals surface area contributed by atoms with Gasteiger partial charge in [-0.2, -0.15) is 0 Å². The molecule has 2 nitrogen and oxygen atoms in total. The van der Waals surface area contributed by atoms with Gasteiger partial charge in [0, 0.05) is 0 Å². The van der Waals surface area contributed by atoms with Gasteiger partial charge in [0.1, 0.15) is 5.60 Å². The van der Waals surface area contributed by atoms with Crippen LogP contribution in [0.1, 0.15) is 40.0 Å². The Labute approximate surface area is 73.9 Å². The van der Waals surface area contributed by atoms with Crippen LogP contribution in [0.25, 0.3) is 0 Å². The topological polar surface area (TPSA) is 32.8 Å². The van der Waals surface area contributed by atoms with Crippen molar-refractivity contribution < 1.29 is 9.84 Å². The summed E-state index contributed by atoms with van der Waals surface area (Å²) in [5.74, 6) is 0.658. The lowest BCUT2D eigenvalue weighted by atomic mass is 9.75. The smallest absolute Gasteiger partial charge is 0.123 e. The van der Waals surface area contributed by atoms with E-state index in [9.17, 15) is 5.11 Å². The molecule has 1 saturated heterocycles. The van der Waals surface area contributed by atoms with Crippen molar-refractivity contribution in [2.45, 2.75) is 57.3 Å². The molecule has 2 heteroatoms. The van der Waals surface area contributed by atoms with Gasteiger partial charge in [0.25, 0.3) is 0 Å². The molecule has 0 aromatic carbocycles. The van der Waals surface area contributed by atoms with Crippen LogP contribution in [0.4, 0.5) is 0 Å². The summed E-state index contributed by atoms with van der Waals surface area (Å²) in [5.41, 5.74) is -0.258. The van der Waals surface area contributed by atoms with Crippen LogP contribution in [0.5, 0.6) is 0 Å². The van der Waals surface area contributed by atoms with Gasteiger partial charge >= 0.3 is 0 Å². The number of epoxide rings is 1. The zero-order chi connectivity index (χ0) is 8.98. The lowest BCUT2D eigenvalue weighted by molar-refractivity contribution is 0.0227. The number of rotatable bonds is 0. The molecule has 0 unspecified atom stereocenters. The first-order valence-corrected chi connectivity index (χ1v) is 4.86. The molecule has 1 saturated carbocycles. The summed E-state index contributed by atoms with van der Waals surface area (Å²) >= 11 is 0. The Kier molecular flexibility index (Phi) is 1.59. The molecule has 1 heterocycles. The maximum atomic E-state index is 9.88. The van der Waals surface area contributed by atoms with Gasteiger partial charge in [0.05, 0.1) is 11.7 Å². The minimum absolute atomic E-state index is 0.0768. The summed E-state index contributed by atoms with van der Waals surface area (Å²) in [4.78, 5) is 0. The molecular formula is C10H18O2. The summed E-state index contributed by atoms with van der Waals surface area (Å²) in [5, 5.41) is 9.88. The van der Waals surface area contributed by atoms with Gasteiger partial charge in [0.2, 0.25) is 0 Å². The zero-order valence-electron chi connectivity index (χ0n) is 8.13. The van der Waals surface area contributed by atoms with E-state index in [4.69, 9.17) is 4.74 Å². The third kappa shape index (κ3) is 0.944. The maximum absolute atomic E-state index is 9.88. The van der Waals surface area contributed by atoms with Crippen molar-refractivity contribution in [1.29, 1.82) is 0 Å². The SMILES string of the molecule is C[C@H]1CC[C@]2(OC2(C)C)[C@H](O)C1. The fourth-order valence-corrected chi connectivity index (χ4v) is 2.57. The fourth-order valence-electron chi connectivity index (χ4n) is 2.57. The second-order valence-corrected chi connectivity index (χ2v) is 4.90. The van der Waals surface area contributed by atoms with Crippen molar-refractivity contribution in [1.82, 2.24) is 0 Å². The molecule has 0 bridgehead atoms. The quantitative estimate of drug-likeness (QED) is 0.561. The Morgan fingerprint density at radius 1 is 1.42 bits per heavy atom. The lowest BCUT2D eigenvalue weighted by Crippen LogP contribution is -2.40. The van der Waals surface area contributed by atoms with Gasteiger partial charge < -0.3 is 9.84 Å². The van der Waals surface area contributed by atoms with Crippen LogP contribution in [0.3, 0.4) is 0 Å². The highest BCUT2D eigenvalue weighted by atomic mass is 16.6. The van der Waals surface area contributed by atoms with Crippen LogP contribution in [0.15, 0.2) is 0 Å². The summed E-state index contributed by atoms with van der Waals surface area (Å²) in [6.07, 6.45) is 2.89. The van der Waals surface area contributed by atoms with E-state index in [0.29, 0.717) is 5.92 Å². The third-order valence-electron chi connectivity index (χ3n) is 3.59. The van der Waals surface area contributed by atoms with Gasteiger partial charge in [-0.3, -0.25) is 0 Å². The average molecular weight is 170 g/mol. The van der Waals surface area contributed by atoms with E-state index in [0.717, 1.165) is 12.8 Å². The van der Waals surface area contributed by atoms with Crippen LogP contribution in [-0.4, -0.2) is 22.4 Å². The second kappa shape index (κ2) is 2.24. The van der Waals surface area contributed by atoms with Crippen molar-refractivity contribution >= 4 is 0 Å². The van der Waals surface area contributed by atoms with Gasteiger partial charge in [-0.25, -0.2) is 0 Å². The van der Waals surface area contributed by atoms with Crippen molar-refractivity contribution in [3.05, 3.63) is 0 Å². The Balaban J connectivity index is 2.10. The molecular weight excluding hydrogens is 152 g/mol. The summed E-state index contributed by atoms with van der Waals surface area (Å²) in [6, 6.07) is 0. The highest BCUT2D eigenvalue weighted by Crippen LogP contribution is 2.56. The first-order chi connectivity index (χ1) is 5.48. The Morgan fingerprint density at radius 3 is 2.42 bits per heavy atom. The normalized spacial score (nSPS) is 51.0. The number of aliphatic hydroxyl groups excluding tert-OH is 1. The van der Waals surface area contributed by atoms with E-state index in [1.807, 2.05) is 0 Å². The molecule has 0 aromatic heterocycles. The number of hydrogen-bond acceptors (Lipinski definition) is 2. The van der Waals surface area contributed by atoms with Crippen molar-refractivity contribution in [2.24, 2.45) is 5.92 Å². The Hall–Kier alpha value is -0.0800. The molecule has 3 atom stereocenters. The van der Waals surface area contributed by atoms with Crippen LogP contribution in [0, 0.1) is 5.92 Å². The van der Waals surface area contributed by atoms with Crippen LogP contribution in [0.2, 0.25) is 0 Å². The van der Waals surface area contributed by atoms with E-state index in [2.05, 4.69) is 20.8 Å². The van der Waals surface area contributed by atoms with Gasteiger partial charge in [-0.05, 0) is 39.0 Å². The molecule has 0 aromatic rings. The Bertz CT molecular complexity index is 200. The standard InChI is InChI=1S/C10H18O2/c1-7-4-5-10(8(11)6-7)9(2,3)12-10/h7-8,11H,4-6H2,1-3H3/t7-,8+,10-/m0/s1. The summed E-state index contributed by atoms with van der Waals surface area (Å²) in [7, 11) is 0. The molecule has 1 aliphatic carbocycles. The van der Waals surface area contributed by atoms with Crippen molar-refractivity contribution in [3.63, 3.8) is 0 Å². The van der Waals surface area contributed by atoms with Crippen LogP contribution in [-0.2, 0) is 4.74 Å². The maximum Gasteiger partial charge on any atom is 0.123 e. The lowest BCUT2D eigenvalue weighted by Gasteiger charge is -2.30. The van der Waals surface area contributed by atoms with E-state index in [1.165, 1.54) is 6.42 Å². The fraction of sp³-hybridized carbons (Fsp3) is 1.00. The minimum atomic E-state index is -0.240. The second-order valence-electron chi connectivity index (χ2n) is 4.90. The van der Waals surface area contributed by atoms with Crippen molar-refractivity contribution in [3.8, 4) is 0 Å². The monoisotopic (exact) mass is 170 g/mol.